The van der Waals surface area contributed by atoms with Crippen molar-refractivity contribution in [2.24, 2.45) is 10.9 Å². The maximum atomic E-state index is 13.4. The smallest absolute Gasteiger partial charge is 0.260 e. The molecule has 5 rings (SSSR count). The zero-order valence-electron chi connectivity index (χ0n) is 21.9. The van der Waals surface area contributed by atoms with Crippen molar-refractivity contribution >= 4 is 23.3 Å². The van der Waals surface area contributed by atoms with Crippen LogP contribution in [0.5, 0.6) is 0 Å². The number of rotatable bonds is 8. The number of nitrogens with zero attached hydrogens (tertiary/aromatic N) is 3. The molecule has 2 aromatic rings. The average molecular weight is 505 g/mol. The molecule has 1 saturated carbocycles. The molecule has 0 spiro atoms. The number of nitrogens with one attached hydrogen (secondary N) is 1. The van der Waals surface area contributed by atoms with Crippen molar-refractivity contribution in [1.29, 1.82) is 0 Å². The third-order valence-electron chi connectivity index (χ3n) is 8.39. The van der Waals surface area contributed by atoms with E-state index in [-0.39, 0.29) is 23.5 Å². The van der Waals surface area contributed by atoms with Crippen LogP contribution in [0.25, 0.3) is 0 Å². The first-order chi connectivity index (χ1) is 17.8. The number of hydrogen-bond acceptors (Lipinski definition) is 4. The number of hydrogen-bond donors (Lipinski definition) is 1. The largest absolute Gasteiger partial charge is 0.326 e. The van der Waals surface area contributed by atoms with Crippen LogP contribution in [0.1, 0.15) is 69.4 Å². The maximum Gasteiger partial charge on any atom is 0.260 e. The number of likely N-dealkylation sites (tertiary alicyclic amines) is 1. The Bertz CT molecular complexity index is 1170. The van der Waals surface area contributed by atoms with Gasteiger partial charge in [0.1, 0.15) is 11.7 Å². The van der Waals surface area contributed by atoms with Crippen molar-refractivity contribution in [3.05, 3.63) is 65.5 Å². The molecule has 196 valence electrons. The van der Waals surface area contributed by atoms with Gasteiger partial charge in [-0.05, 0) is 107 Å². The summed E-state index contributed by atoms with van der Waals surface area (Å²) in [6.07, 6.45) is 6.24. The van der Waals surface area contributed by atoms with E-state index in [0.29, 0.717) is 12.5 Å². The van der Waals surface area contributed by atoms with Crippen molar-refractivity contribution in [3.63, 3.8) is 0 Å². The zero-order valence-corrected chi connectivity index (χ0v) is 21.9. The Hall–Kier alpha value is -3.06. The number of piperidine rings is 1. The standard InChI is InChI=1S/C30H37FN4O2/c1-21-33-30(2,25-10-12-26(31)13-11-25)29(37)35(21)17-5-16-34-18-14-22(15-19-34)24-8-4-9-27(20-24)32-28(36)23-6-3-7-23/h4,8-13,20,22-23H,3,5-7,14-19H2,1-2H3,(H,32,36). The highest BCUT2D eigenvalue weighted by atomic mass is 19.1. The lowest BCUT2D eigenvalue weighted by Crippen LogP contribution is -2.41. The molecule has 2 aromatic carbocycles. The van der Waals surface area contributed by atoms with Crippen molar-refractivity contribution in [1.82, 2.24) is 9.80 Å². The molecule has 2 aliphatic heterocycles. The molecule has 0 bridgehead atoms. The summed E-state index contributed by atoms with van der Waals surface area (Å²) in [5.74, 6) is 1.21. The molecule has 1 aliphatic carbocycles. The van der Waals surface area contributed by atoms with Crippen LogP contribution in [0.15, 0.2) is 53.5 Å². The number of benzene rings is 2. The van der Waals surface area contributed by atoms with E-state index in [0.717, 1.165) is 75.2 Å². The summed E-state index contributed by atoms with van der Waals surface area (Å²) in [4.78, 5) is 34.5. The summed E-state index contributed by atoms with van der Waals surface area (Å²) in [5.41, 5.74) is 1.95. The van der Waals surface area contributed by atoms with E-state index in [1.54, 1.807) is 17.0 Å². The fourth-order valence-corrected chi connectivity index (χ4v) is 5.79. The topological polar surface area (TPSA) is 65.0 Å². The summed E-state index contributed by atoms with van der Waals surface area (Å²) in [6, 6.07) is 14.4. The quantitative estimate of drug-likeness (QED) is 0.530. The van der Waals surface area contributed by atoms with E-state index < -0.39 is 5.54 Å². The zero-order chi connectivity index (χ0) is 26.0. The van der Waals surface area contributed by atoms with Gasteiger partial charge in [-0.25, -0.2) is 4.39 Å². The number of aliphatic imine (C=N–C) groups is 1. The second-order valence-electron chi connectivity index (χ2n) is 10.9. The first-order valence-electron chi connectivity index (χ1n) is 13.6. The summed E-state index contributed by atoms with van der Waals surface area (Å²) in [7, 11) is 0. The minimum atomic E-state index is -0.984. The molecule has 1 unspecified atom stereocenters. The maximum absolute atomic E-state index is 13.4. The van der Waals surface area contributed by atoms with Gasteiger partial charge in [-0.3, -0.25) is 19.5 Å². The van der Waals surface area contributed by atoms with Crippen LogP contribution in [-0.4, -0.2) is 53.6 Å². The molecule has 1 atom stereocenters. The van der Waals surface area contributed by atoms with Crippen molar-refractivity contribution < 1.29 is 14.0 Å². The van der Waals surface area contributed by atoms with Gasteiger partial charge in [-0.2, -0.15) is 0 Å². The van der Waals surface area contributed by atoms with Crippen LogP contribution < -0.4 is 5.32 Å². The third-order valence-corrected chi connectivity index (χ3v) is 8.39. The number of carbonyl (C=O) groups excluding carboxylic acids is 2. The summed E-state index contributed by atoms with van der Waals surface area (Å²) in [6.45, 7) is 7.31. The first-order valence-corrected chi connectivity index (χ1v) is 13.6. The summed E-state index contributed by atoms with van der Waals surface area (Å²) < 4.78 is 13.4. The molecule has 3 aliphatic rings. The minimum absolute atomic E-state index is 0.0420. The van der Waals surface area contributed by atoms with Gasteiger partial charge in [0, 0.05) is 18.2 Å². The van der Waals surface area contributed by atoms with Gasteiger partial charge < -0.3 is 10.2 Å². The van der Waals surface area contributed by atoms with Gasteiger partial charge in [0.05, 0.1) is 0 Å². The van der Waals surface area contributed by atoms with Crippen LogP contribution in [0, 0.1) is 11.7 Å². The molecular formula is C30H37FN4O2. The SMILES string of the molecule is CC1=NC(C)(c2ccc(F)cc2)C(=O)N1CCCN1CCC(c2cccc(NC(=O)C3CCC3)c2)CC1. The van der Waals surface area contributed by atoms with Gasteiger partial charge >= 0.3 is 0 Å². The summed E-state index contributed by atoms with van der Waals surface area (Å²) in [5, 5.41) is 3.10. The molecule has 2 heterocycles. The van der Waals surface area contributed by atoms with Gasteiger partial charge in [-0.15, -0.1) is 0 Å². The molecule has 6 nitrogen and oxygen atoms in total. The first kappa shape index (κ1) is 25.6. The Morgan fingerprint density at radius 1 is 1.08 bits per heavy atom. The summed E-state index contributed by atoms with van der Waals surface area (Å²) >= 11 is 0. The lowest BCUT2D eigenvalue weighted by atomic mass is 9.84. The number of halogens is 1. The number of amides is 2. The number of carbonyl (C=O) groups is 2. The van der Waals surface area contributed by atoms with E-state index >= 15 is 0 Å². The Morgan fingerprint density at radius 2 is 1.81 bits per heavy atom. The normalized spacial score (nSPS) is 23.2. The van der Waals surface area contributed by atoms with Gasteiger partial charge in [-0.1, -0.05) is 30.7 Å². The Labute approximate surface area is 218 Å². The highest BCUT2D eigenvalue weighted by Gasteiger charge is 2.44. The van der Waals surface area contributed by atoms with Crippen molar-refractivity contribution in [2.45, 2.75) is 63.8 Å². The second kappa shape index (κ2) is 10.7. The molecule has 2 amide bonds. The minimum Gasteiger partial charge on any atom is -0.326 e. The fraction of sp³-hybridized carbons (Fsp3) is 0.500. The van der Waals surface area contributed by atoms with Crippen molar-refractivity contribution in [3.8, 4) is 0 Å². The van der Waals surface area contributed by atoms with Gasteiger partial charge in [0.2, 0.25) is 5.91 Å². The average Bonchev–Trinajstić information content (AvgIpc) is 3.07. The van der Waals surface area contributed by atoms with E-state index in [4.69, 9.17) is 0 Å². The molecule has 37 heavy (non-hydrogen) atoms. The van der Waals surface area contributed by atoms with E-state index in [9.17, 15) is 14.0 Å². The van der Waals surface area contributed by atoms with Crippen LogP contribution in [0.3, 0.4) is 0 Å². The molecule has 7 heteroatoms. The van der Waals surface area contributed by atoms with Gasteiger partial charge in [0.25, 0.3) is 5.91 Å². The third kappa shape index (κ3) is 5.47. The molecule has 0 radical (unpaired) electrons. The number of amidine groups is 1. The highest BCUT2D eigenvalue weighted by Crippen LogP contribution is 2.34. The Morgan fingerprint density at radius 3 is 2.49 bits per heavy atom. The van der Waals surface area contributed by atoms with Crippen LogP contribution in [-0.2, 0) is 15.1 Å². The van der Waals surface area contributed by atoms with Crippen LogP contribution in [0.2, 0.25) is 0 Å². The molecule has 0 aromatic heterocycles. The molecule has 1 saturated heterocycles. The molecule has 2 fully saturated rings. The predicted molar refractivity (Wildman–Crippen MR) is 144 cm³/mol. The van der Waals surface area contributed by atoms with Gasteiger partial charge in [0.15, 0.2) is 5.54 Å². The van der Waals surface area contributed by atoms with Crippen LogP contribution in [0.4, 0.5) is 10.1 Å². The van der Waals surface area contributed by atoms with E-state index in [1.165, 1.54) is 17.7 Å². The van der Waals surface area contributed by atoms with Crippen molar-refractivity contribution in [2.75, 3.05) is 31.5 Å². The number of anilines is 1. The lowest BCUT2D eigenvalue weighted by Gasteiger charge is -2.33. The van der Waals surface area contributed by atoms with E-state index in [1.807, 2.05) is 19.9 Å². The van der Waals surface area contributed by atoms with E-state index in [2.05, 4.69) is 33.4 Å². The fourth-order valence-electron chi connectivity index (χ4n) is 5.79. The predicted octanol–water partition coefficient (Wildman–Crippen LogP) is 5.31. The molecular weight excluding hydrogens is 467 g/mol. The highest BCUT2D eigenvalue weighted by molar-refractivity contribution is 6.07. The van der Waals surface area contributed by atoms with Crippen LogP contribution >= 0.6 is 0 Å². The molecule has 1 N–H and O–H groups in total. The second-order valence-corrected chi connectivity index (χ2v) is 10.9. The Balaban J connectivity index is 1.09. The monoisotopic (exact) mass is 504 g/mol. The Kier molecular flexibility index (Phi) is 7.43. The lowest BCUT2D eigenvalue weighted by molar-refractivity contribution is -0.131.